The average molecular weight is 262 g/mol. The van der Waals surface area contributed by atoms with Crippen molar-refractivity contribution < 1.29 is 10.2 Å². The van der Waals surface area contributed by atoms with Gasteiger partial charge in [-0.2, -0.15) is 0 Å². The first-order chi connectivity index (χ1) is 8.68. The van der Waals surface area contributed by atoms with Crippen LogP contribution in [0.3, 0.4) is 0 Å². The molecule has 0 aliphatic heterocycles. The lowest BCUT2D eigenvalue weighted by Gasteiger charge is -2.28. The molecule has 0 rings (SSSR count). The molecule has 0 amide bonds. The average Bonchev–Trinajstić information content (AvgIpc) is 2.42. The van der Waals surface area contributed by atoms with Crippen LogP contribution in [0.15, 0.2) is 10.6 Å². The van der Waals surface area contributed by atoms with Crippen molar-refractivity contribution in [3.8, 4) is 0 Å². The van der Waals surface area contributed by atoms with Gasteiger partial charge in [0.2, 0.25) is 0 Å². The lowest BCUT2D eigenvalue weighted by atomic mass is 10.2. The van der Waals surface area contributed by atoms with Crippen molar-refractivity contribution in [2.45, 2.75) is 38.8 Å². The van der Waals surface area contributed by atoms with Crippen LogP contribution in [0.4, 0.5) is 0 Å². The zero-order valence-electron chi connectivity index (χ0n) is 10.9. The highest BCUT2D eigenvalue weighted by atomic mass is 16.3. The van der Waals surface area contributed by atoms with E-state index in [0.29, 0.717) is 12.8 Å². The lowest BCUT2D eigenvalue weighted by Crippen LogP contribution is -2.41. The molecule has 2 N–H and O–H groups in total. The Balaban J connectivity index is 4.39. The minimum atomic E-state index is -0.356. The number of hydrogen-bond donors (Lipinski definition) is 2. The summed E-state index contributed by atoms with van der Waals surface area (Å²) in [6, 6.07) is -0.713. The monoisotopic (exact) mass is 262 g/mol. The molecule has 0 aromatic rings. The van der Waals surface area contributed by atoms with Crippen LogP contribution in [0.1, 0.15) is 26.7 Å². The Kier molecular flexibility index (Phi) is 9.03. The Morgan fingerprint density at radius 1 is 0.889 bits per heavy atom. The minimum absolute atomic E-state index is 0.173. The van der Waals surface area contributed by atoms with E-state index in [1.807, 2.05) is 13.8 Å². The third kappa shape index (κ3) is 4.92. The molecule has 18 heavy (non-hydrogen) atoms. The molecule has 0 aromatic carbocycles. The summed E-state index contributed by atoms with van der Waals surface area (Å²) in [4.78, 5) is 21.3. The van der Waals surface area contributed by atoms with Crippen molar-refractivity contribution in [2.24, 2.45) is 10.6 Å². The summed E-state index contributed by atoms with van der Waals surface area (Å²) in [6.45, 7) is 3.69. The molecule has 0 fully saturated rings. The maximum absolute atomic E-state index is 10.7. The Bertz CT molecular complexity index is 210. The molecule has 0 aliphatic rings. The van der Waals surface area contributed by atoms with Crippen LogP contribution in [-0.2, 0) is 0 Å². The second-order valence-corrected chi connectivity index (χ2v) is 3.98. The van der Waals surface area contributed by atoms with E-state index in [-0.39, 0.29) is 38.4 Å². The van der Waals surface area contributed by atoms with Gasteiger partial charge in [0.25, 0.3) is 0 Å². The van der Waals surface area contributed by atoms with Gasteiger partial charge in [-0.3, -0.25) is 10.0 Å². The van der Waals surface area contributed by atoms with E-state index >= 15 is 0 Å². The van der Waals surface area contributed by atoms with E-state index < -0.39 is 0 Å². The Morgan fingerprint density at radius 3 is 1.39 bits per heavy atom. The summed E-state index contributed by atoms with van der Waals surface area (Å²) in [5.41, 5.74) is 0. The van der Waals surface area contributed by atoms with Crippen molar-refractivity contribution >= 4 is 0 Å². The zero-order valence-corrected chi connectivity index (χ0v) is 10.9. The second-order valence-electron chi connectivity index (χ2n) is 3.98. The van der Waals surface area contributed by atoms with E-state index in [4.69, 9.17) is 10.2 Å². The molecule has 0 saturated heterocycles. The van der Waals surface area contributed by atoms with Crippen molar-refractivity contribution in [3.05, 3.63) is 9.81 Å². The van der Waals surface area contributed by atoms with Gasteiger partial charge >= 0.3 is 0 Å². The third-order valence-corrected chi connectivity index (χ3v) is 2.97. The van der Waals surface area contributed by atoms with Crippen LogP contribution in [-0.4, -0.2) is 58.6 Å². The molecular formula is C10H22N4O4. The van der Waals surface area contributed by atoms with Crippen molar-refractivity contribution in [2.75, 3.05) is 26.3 Å². The predicted octanol–water partition coefficient (Wildman–Crippen LogP) is 0.495. The van der Waals surface area contributed by atoms with Crippen LogP contribution in [0.2, 0.25) is 0 Å². The topological polar surface area (TPSA) is 106 Å². The van der Waals surface area contributed by atoms with E-state index in [1.54, 1.807) is 0 Å². The predicted molar refractivity (Wildman–Crippen MR) is 67.3 cm³/mol. The fourth-order valence-electron chi connectivity index (χ4n) is 1.65. The number of nitrogens with zero attached hydrogens (tertiary/aromatic N) is 4. The fourth-order valence-corrected chi connectivity index (χ4v) is 1.65. The summed E-state index contributed by atoms with van der Waals surface area (Å²) in [5.74, 6) is 0. The van der Waals surface area contributed by atoms with Crippen LogP contribution >= 0.6 is 0 Å². The summed E-state index contributed by atoms with van der Waals surface area (Å²) in [7, 11) is 0. The molecule has 0 radical (unpaired) electrons. The summed E-state index contributed by atoms with van der Waals surface area (Å²) in [5, 5.41) is 26.2. The molecule has 0 aromatic heterocycles. The maximum atomic E-state index is 10.7. The lowest BCUT2D eigenvalue weighted by molar-refractivity contribution is 0.0784. The van der Waals surface area contributed by atoms with Gasteiger partial charge in [-0.15, -0.1) is 9.81 Å². The van der Waals surface area contributed by atoms with E-state index in [0.717, 1.165) is 0 Å². The smallest absolute Gasteiger partial charge is 0.0731 e. The van der Waals surface area contributed by atoms with Crippen LogP contribution < -0.4 is 0 Å². The zero-order chi connectivity index (χ0) is 14.0. The fraction of sp³-hybridized carbons (Fsp3) is 1.00. The van der Waals surface area contributed by atoms with Crippen molar-refractivity contribution in [1.29, 1.82) is 0 Å². The molecule has 8 nitrogen and oxygen atoms in total. The largest absolute Gasteiger partial charge is 0.394 e. The van der Waals surface area contributed by atoms with E-state index in [2.05, 4.69) is 10.6 Å². The third-order valence-electron chi connectivity index (χ3n) is 2.97. The number of rotatable bonds is 11. The molecule has 8 heteroatoms. The second kappa shape index (κ2) is 9.72. The molecule has 0 heterocycles. The number of nitroso groups, excluding NO2 is 2. The first-order valence-electron chi connectivity index (χ1n) is 6.09. The summed E-state index contributed by atoms with van der Waals surface area (Å²) >= 11 is 0. The quantitative estimate of drug-likeness (QED) is 0.415. The molecule has 0 saturated carbocycles. The van der Waals surface area contributed by atoms with Crippen molar-refractivity contribution in [3.63, 3.8) is 0 Å². The Hall–Kier alpha value is -1.28. The molecule has 0 unspecified atom stereocenters. The Morgan fingerprint density at radius 2 is 1.22 bits per heavy atom. The summed E-state index contributed by atoms with van der Waals surface area (Å²) in [6.07, 6.45) is 1.15. The highest BCUT2D eigenvalue weighted by Crippen LogP contribution is 2.08. The molecule has 0 spiro atoms. The summed E-state index contributed by atoms with van der Waals surface area (Å²) < 4.78 is 0. The van der Waals surface area contributed by atoms with Gasteiger partial charge in [0, 0.05) is 0 Å². The normalized spacial score (nSPS) is 13.8. The molecule has 0 bridgehead atoms. The van der Waals surface area contributed by atoms with Gasteiger partial charge in [0.05, 0.1) is 49.0 Å². The van der Waals surface area contributed by atoms with Crippen LogP contribution in [0, 0.1) is 9.81 Å². The van der Waals surface area contributed by atoms with Crippen LogP contribution in [0.25, 0.3) is 0 Å². The van der Waals surface area contributed by atoms with Gasteiger partial charge < -0.3 is 10.2 Å². The van der Waals surface area contributed by atoms with Gasteiger partial charge in [0.1, 0.15) is 0 Å². The minimum Gasteiger partial charge on any atom is -0.394 e. The highest BCUT2D eigenvalue weighted by Gasteiger charge is 2.20. The first kappa shape index (κ1) is 16.7. The van der Waals surface area contributed by atoms with E-state index in [1.165, 1.54) is 10.0 Å². The SMILES string of the molecule is CC[C@H](CO)N(CCN(N=O)[C@H](CC)CO)N=O. The number of aliphatic hydroxyl groups is 2. The van der Waals surface area contributed by atoms with Gasteiger partial charge in [-0.25, -0.2) is 0 Å². The maximum Gasteiger partial charge on any atom is 0.0731 e. The first-order valence-corrected chi connectivity index (χ1v) is 6.09. The molecule has 106 valence electrons. The van der Waals surface area contributed by atoms with Gasteiger partial charge in [0.15, 0.2) is 0 Å². The van der Waals surface area contributed by atoms with Gasteiger partial charge in [-0.05, 0) is 12.8 Å². The van der Waals surface area contributed by atoms with E-state index in [9.17, 15) is 9.81 Å². The van der Waals surface area contributed by atoms with Crippen molar-refractivity contribution in [1.82, 2.24) is 10.0 Å². The molecule has 0 aliphatic carbocycles. The highest BCUT2D eigenvalue weighted by molar-refractivity contribution is 4.70. The van der Waals surface area contributed by atoms with Crippen LogP contribution in [0.5, 0.6) is 0 Å². The molecule has 2 atom stereocenters. The molecular weight excluding hydrogens is 240 g/mol. The number of aliphatic hydroxyl groups excluding tert-OH is 2. The Labute approximate surface area is 106 Å². The standard InChI is InChI=1S/C10H22N4O4/c1-3-9(7-15)13(11-17)5-6-14(12-18)10(4-2)8-16/h9-10,15-16H,3-8H2,1-2H3/t9-,10-/m1/s1. The van der Waals surface area contributed by atoms with Gasteiger partial charge in [-0.1, -0.05) is 13.8 Å². The number of hydrogen-bond acceptors (Lipinski definition) is 6.